The zero-order valence-electron chi connectivity index (χ0n) is 25.4. The molecule has 0 bridgehead atoms. The molecular formula is C31H35ClF2N3O7PS. The van der Waals surface area contributed by atoms with Gasteiger partial charge < -0.3 is 29.6 Å². The van der Waals surface area contributed by atoms with E-state index in [4.69, 9.17) is 26.1 Å². The van der Waals surface area contributed by atoms with Crippen molar-refractivity contribution in [1.29, 1.82) is 0 Å². The smallest absolute Gasteiger partial charge is 0.370 e. The molecule has 3 aromatic rings. The quantitative estimate of drug-likeness (QED) is 0.277. The molecule has 5 rings (SSSR count). The number of halogens is 3. The first-order valence-corrected chi connectivity index (χ1v) is 17.5. The lowest BCUT2D eigenvalue weighted by Gasteiger charge is -2.38. The number of nitrogens with zero attached hydrogens (tertiary/aromatic N) is 2. The number of carbonyl (C=O) groups excluding carboxylic acids is 3. The van der Waals surface area contributed by atoms with E-state index >= 15 is 0 Å². The second kappa shape index (κ2) is 12.9. The normalized spacial score (nSPS) is 20.2. The molecule has 0 radical (unpaired) electrons. The van der Waals surface area contributed by atoms with Crippen molar-refractivity contribution in [2.75, 3.05) is 26.2 Å². The first kappa shape index (κ1) is 34.4. The Balaban J connectivity index is 1.33. The van der Waals surface area contributed by atoms with Crippen molar-refractivity contribution in [2.24, 2.45) is 5.41 Å². The molecule has 0 saturated carbocycles. The number of morpholine rings is 1. The van der Waals surface area contributed by atoms with Crippen LogP contribution in [-0.2, 0) is 24.6 Å². The van der Waals surface area contributed by atoms with Gasteiger partial charge in [0.15, 0.2) is 0 Å². The van der Waals surface area contributed by atoms with Crippen molar-refractivity contribution in [3.8, 4) is 0 Å². The number of benzene rings is 2. The highest BCUT2D eigenvalue weighted by atomic mass is 35.5. The predicted molar refractivity (Wildman–Crippen MR) is 170 cm³/mol. The van der Waals surface area contributed by atoms with Gasteiger partial charge in [0.05, 0.1) is 18.0 Å². The van der Waals surface area contributed by atoms with Crippen LogP contribution in [0.5, 0.6) is 0 Å². The number of alkyl halides is 2. The van der Waals surface area contributed by atoms with Crippen LogP contribution in [0.3, 0.4) is 0 Å². The molecule has 3 heterocycles. The fourth-order valence-electron chi connectivity index (χ4n) is 5.80. The van der Waals surface area contributed by atoms with Crippen LogP contribution in [0.25, 0.3) is 10.1 Å². The van der Waals surface area contributed by atoms with Gasteiger partial charge in [-0.3, -0.25) is 18.9 Å². The largest absolute Gasteiger partial charge is 0.399 e. The lowest BCUT2D eigenvalue weighted by molar-refractivity contribution is -0.150. The molecule has 10 nitrogen and oxygen atoms in total. The van der Waals surface area contributed by atoms with Gasteiger partial charge in [0.2, 0.25) is 11.8 Å². The molecule has 2 aromatic carbocycles. The zero-order chi connectivity index (χ0) is 33.6. The molecule has 2 fully saturated rings. The summed E-state index contributed by atoms with van der Waals surface area (Å²) >= 11 is 7.37. The molecule has 248 valence electrons. The minimum atomic E-state index is -5.77. The van der Waals surface area contributed by atoms with Crippen LogP contribution in [0.2, 0.25) is 5.02 Å². The lowest BCUT2D eigenvalue weighted by Crippen LogP contribution is -2.58. The van der Waals surface area contributed by atoms with E-state index in [9.17, 15) is 27.7 Å². The van der Waals surface area contributed by atoms with Crippen LogP contribution in [0.1, 0.15) is 60.5 Å². The maximum Gasteiger partial charge on any atom is 0.399 e. The summed E-state index contributed by atoms with van der Waals surface area (Å²) in [4.78, 5) is 62.9. The summed E-state index contributed by atoms with van der Waals surface area (Å²) in [6.45, 7) is 6.69. The summed E-state index contributed by atoms with van der Waals surface area (Å²) in [5, 5.41) is 3.54. The van der Waals surface area contributed by atoms with Gasteiger partial charge >= 0.3 is 13.3 Å². The Morgan fingerprint density at radius 3 is 2.50 bits per heavy atom. The zero-order valence-corrected chi connectivity index (χ0v) is 27.9. The highest BCUT2D eigenvalue weighted by Gasteiger charge is 2.50. The molecule has 3 atom stereocenters. The Labute approximate surface area is 273 Å². The van der Waals surface area contributed by atoms with Crippen molar-refractivity contribution in [1.82, 2.24) is 15.1 Å². The Hall–Kier alpha value is -2.93. The number of fused-ring (bicyclic) bond motifs is 1. The molecule has 2 aliphatic rings. The van der Waals surface area contributed by atoms with Crippen molar-refractivity contribution < 1.29 is 42.3 Å². The van der Waals surface area contributed by atoms with E-state index in [-0.39, 0.29) is 22.7 Å². The van der Waals surface area contributed by atoms with Crippen LogP contribution in [0, 0.1) is 5.41 Å². The molecule has 1 aromatic heterocycles. The third-order valence-electron chi connectivity index (χ3n) is 8.29. The summed E-state index contributed by atoms with van der Waals surface area (Å²) in [5.74, 6) is -1.22. The lowest BCUT2D eigenvalue weighted by atomic mass is 9.85. The second-order valence-electron chi connectivity index (χ2n) is 12.6. The van der Waals surface area contributed by atoms with Crippen molar-refractivity contribution in [3.05, 3.63) is 69.6 Å². The standard InChI is InChI=1S/C31H35ClF2N3O7PS/c1-30(2,3)26(35-27(38)25-16-18-15-19(10-11-24(18)46-25)31(33,34)45(41,42)43)29(40)37-12-6-9-22(37)28(39)36-13-14-44-23(17-36)20-7-4-5-8-21(20)32/h4-5,7-8,10-11,15-16,22-23,26H,6,9,12-14,17H2,1-3H3,(H,35,38)(H2,41,42,43)/t22-,23?,26?/m0/s1. The number of ether oxygens (including phenoxy) is 1. The first-order chi connectivity index (χ1) is 21.5. The third kappa shape index (κ3) is 6.86. The van der Waals surface area contributed by atoms with E-state index in [0.29, 0.717) is 42.3 Å². The van der Waals surface area contributed by atoms with E-state index < -0.39 is 54.2 Å². The number of carbonyl (C=O) groups is 3. The van der Waals surface area contributed by atoms with Gasteiger partial charge in [-0.2, -0.15) is 8.78 Å². The highest BCUT2D eigenvalue weighted by molar-refractivity contribution is 7.52. The van der Waals surface area contributed by atoms with Crippen LogP contribution in [0.15, 0.2) is 48.5 Å². The average molecular weight is 698 g/mol. The predicted octanol–water partition coefficient (Wildman–Crippen LogP) is 5.52. The molecule has 2 unspecified atom stereocenters. The number of rotatable bonds is 7. The van der Waals surface area contributed by atoms with Crippen LogP contribution >= 0.6 is 30.5 Å². The molecule has 46 heavy (non-hydrogen) atoms. The van der Waals surface area contributed by atoms with Crippen LogP contribution in [0.4, 0.5) is 8.78 Å². The van der Waals surface area contributed by atoms with E-state index in [0.717, 1.165) is 29.0 Å². The maximum atomic E-state index is 14.3. The van der Waals surface area contributed by atoms with Gasteiger partial charge in [0.25, 0.3) is 5.91 Å². The topological polar surface area (TPSA) is 136 Å². The second-order valence-corrected chi connectivity index (χ2v) is 15.7. The Morgan fingerprint density at radius 1 is 1.11 bits per heavy atom. The van der Waals surface area contributed by atoms with E-state index in [1.54, 1.807) is 31.7 Å². The Kier molecular flexibility index (Phi) is 9.67. The van der Waals surface area contributed by atoms with Crippen molar-refractivity contribution >= 4 is 58.3 Å². The van der Waals surface area contributed by atoms with E-state index in [1.807, 2.05) is 18.2 Å². The van der Waals surface area contributed by atoms with Crippen molar-refractivity contribution in [2.45, 2.75) is 57.5 Å². The molecule has 2 saturated heterocycles. The number of hydrogen-bond donors (Lipinski definition) is 3. The molecule has 15 heteroatoms. The van der Waals surface area contributed by atoms with Gasteiger partial charge in [-0.1, -0.05) is 56.6 Å². The molecule has 2 aliphatic heterocycles. The summed E-state index contributed by atoms with van der Waals surface area (Å²) in [6.07, 6.45) is 0.684. The van der Waals surface area contributed by atoms with Crippen LogP contribution < -0.4 is 5.32 Å². The Bertz CT molecular complexity index is 1710. The van der Waals surface area contributed by atoms with Crippen molar-refractivity contribution in [3.63, 3.8) is 0 Å². The summed E-state index contributed by atoms with van der Waals surface area (Å²) in [5.41, 5.74) is -5.24. The van der Waals surface area contributed by atoms with Gasteiger partial charge in [-0.25, -0.2) is 0 Å². The highest BCUT2D eigenvalue weighted by Crippen LogP contribution is 2.59. The fraction of sp³-hybridized carbons (Fsp3) is 0.452. The van der Waals surface area contributed by atoms with Crippen LogP contribution in [-0.4, -0.2) is 75.6 Å². The fourth-order valence-corrected chi connectivity index (χ4v) is 7.48. The maximum absolute atomic E-state index is 14.3. The molecule has 3 N–H and O–H groups in total. The molecule has 3 amide bonds. The number of thiophene rings is 1. The van der Waals surface area contributed by atoms with E-state index in [1.165, 1.54) is 17.0 Å². The third-order valence-corrected chi connectivity index (χ3v) is 10.7. The molecular weight excluding hydrogens is 663 g/mol. The monoisotopic (exact) mass is 697 g/mol. The van der Waals surface area contributed by atoms with E-state index in [2.05, 4.69) is 5.32 Å². The van der Waals surface area contributed by atoms with Gasteiger partial charge in [-0.05, 0) is 47.9 Å². The summed E-state index contributed by atoms with van der Waals surface area (Å²) in [6, 6.07) is 10.0. The minimum absolute atomic E-state index is 0.127. The van der Waals surface area contributed by atoms with Gasteiger partial charge in [-0.15, -0.1) is 11.3 Å². The first-order valence-electron chi connectivity index (χ1n) is 14.7. The van der Waals surface area contributed by atoms with Gasteiger partial charge in [0, 0.05) is 33.9 Å². The number of nitrogens with one attached hydrogen (secondary N) is 1. The molecule has 0 spiro atoms. The SMILES string of the molecule is CC(C)(C)C(NC(=O)c1cc2cc(C(F)(F)P(=O)(O)O)ccc2s1)C(=O)N1CCC[C@H]1C(=O)N1CCOC(c2ccccc2Cl)C1. The minimum Gasteiger partial charge on any atom is -0.370 e. The number of amides is 3. The Morgan fingerprint density at radius 2 is 1.83 bits per heavy atom. The molecule has 0 aliphatic carbocycles. The number of hydrogen-bond acceptors (Lipinski definition) is 6. The summed E-state index contributed by atoms with van der Waals surface area (Å²) in [7, 11) is -5.77. The summed E-state index contributed by atoms with van der Waals surface area (Å²) < 4.78 is 46.3. The average Bonchev–Trinajstić information content (AvgIpc) is 3.66. The number of likely N-dealkylation sites (tertiary alicyclic amines) is 1. The van der Waals surface area contributed by atoms with Gasteiger partial charge in [0.1, 0.15) is 18.2 Å².